The van der Waals surface area contributed by atoms with Crippen LogP contribution >= 0.6 is 7.82 Å². The Bertz CT molecular complexity index is 470. The molecule has 0 aliphatic rings. The summed E-state index contributed by atoms with van der Waals surface area (Å²) in [6.45, 7) is 8.24. The van der Waals surface area contributed by atoms with E-state index in [-0.39, 0.29) is 31.0 Å². The topological polar surface area (TPSA) is 44.8 Å². The molecule has 0 aromatic rings. The molecule has 0 bridgehead atoms. The average Bonchev–Trinajstić information content (AvgIpc) is 2.97. The van der Waals surface area contributed by atoms with Gasteiger partial charge in [-0.2, -0.15) is 0 Å². The first-order valence-corrected chi connectivity index (χ1v) is 20.2. The molecular weight excluding hydrogens is 550 g/mol. The van der Waals surface area contributed by atoms with Gasteiger partial charge in [0, 0.05) is 0 Å². The predicted molar refractivity (Wildman–Crippen MR) is 182 cm³/mol. The van der Waals surface area contributed by atoms with E-state index < -0.39 is 7.82 Å². The first kappa shape index (κ1) is 45.2. The van der Waals surface area contributed by atoms with Crippen molar-refractivity contribution in [3.8, 4) is 0 Å². The average molecular weight is 627 g/mol. The molecule has 0 aliphatic heterocycles. The summed E-state index contributed by atoms with van der Waals surface area (Å²) in [6, 6.07) is 0. The Balaban J connectivity index is -0.00000800. The molecule has 0 aromatic carbocycles. The number of hydrogen-bond donors (Lipinski definition) is 0. The molecule has 6 heteroatoms. The minimum Gasteiger partial charge on any atom is -1.00 e. The van der Waals surface area contributed by atoms with Gasteiger partial charge in [-0.05, 0) is 19.3 Å². The second-order valence-corrected chi connectivity index (χ2v) is 14.2. The van der Waals surface area contributed by atoms with Crippen LogP contribution < -0.4 is 29.6 Å². The molecule has 0 unspecified atom stereocenters. The number of unbranched alkanes of at least 4 members (excludes halogenated alkanes) is 27. The van der Waals surface area contributed by atoms with Crippen LogP contribution in [0.5, 0.6) is 0 Å². The van der Waals surface area contributed by atoms with Crippen molar-refractivity contribution >= 4 is 7.82 Å². The van der Waals surface area contributed by atoms with Crippen molar-refractivity contribution in [3.05, 3.63) is 0 Å². The smallest absolute Gasteiger partial charge is 1.00 e. The summed E-state index contributed by atoms with van der Waals surface area (Å²) in [5, 5.41) is 0. The van der Waals surface area contributed by atoms with Gasteiger partial charge < -0.3 is 1.43 Å². The van der Waals surface area contributed by atoms with Crippen LogP contribution in [-0.2, 0) is 18.1 Å². The quantitative estimate of drug-likeness (QED) is 0.0394. The molecule has 4 nitrogen and oxygen atoms in total. The van der Waals surface area contributed by atoms with E-state index in [1.54, 1.807) is 0 Å². The number of rotatable bonds is 36. The molecule has 0 saturated heterocycles. The Morgan fingerprint density at radius 1 is 0.333 bits per heavy atom. The van der Waals surface area contributed by atoms with E-state index in [2.05, 4.69) is 20.8 Å². The number of phosphoric ester groups is 1. The van der Waals surface area contributed by atoms with Gasteiger partial charge in [-0.25, -0.2) is 4.57 Å². The molecule has 0 radical (unpaired) electrons. The minimum absolute atomic E-state index is 0. The first-order chi connectivity index (χ1) is 20.2. The van der Waals surface area contributed by atoms with E-state index >= 15 is 0 Å². The van der Waals surface area contributed by atoms with Gasteiger partial charge in [-0.1, -0.05) is 194 Å². The second-order valence-electron chi connectivity index (χ2n) is 12.5. The van der Waals surface area contributed by atoms with E-state index in [1.165, 1.54) is 154 Å². The van der Waals surface area contributed by atoms with Crippen LogP contribution in [0.15, 0.2) is 0 Å². The minimum atomic E-state index is -3.45. The standard InChI is InChI=1S/C36H75O4P.Na.H/c1-4-7-10-13-16-19-22-25-28-31-34-38-41(37,39-35-32-29-26-23-20-17-14-11-8-5-2)40-36-33-30-27-24-21-18-15-12-9-6-3;;/h4-36H2,1-3H3;;/q;+1;-1. The summed E-state index contributed by atoms with van der Waals surface area (Å²) in [7, 11) is -3.45. The van der Waals surface area contributed by atoms with Crippen molar-refractivity contribution in [2.75, 3.05) is 19.8 Å². The summed E-state index contributed by atoms with van der Waals surface area (Å²) in [6.07, 6.45) is 38.3. The maximum atomic E-state index is 13.3. The third-order valence-electron chi connectivity index (χ3n) is 8.24. The molecule has 0 aromatic heterocycles. The summed E-state index contributed by atoms with van der Waals surface area (Å²) >= 11 is 0. The molecule has 250 valence electrons. The monoisotopic (exact) mass is 627 g/mol. The molecule has 0 rings (SSSR count). The summed E-state index contributed by atoms with van der Waals surface area (Å²) in [5.74, 6) is 0. The molecule has 0 aliphatic carbocycles. The third kappa shape index (κ3) is 35.6. The molecule has 0 N–H and O–H groups in total. The normalized spacial score (nSPS) is 11.7. The zero-order valence-corrected chi connectivity index (χ0v) is 32.3. The summed E-state index contributed by atoms with van der Waals surface area (Å²) in [4.78, 5) is 0. The van der Waals surface area contributed by atoms with Crippen molar-refractivity contribution in [3.63, 3.8) is 0 Å². The fraction of sp³-hybridized carbons (Fsp3) is 1.00. The van der Waals surface area contributed by atoms with Gasteiger partial charge in [0.2, 0.25) is 0 Å². The van der Waals surface area contributed by atoms with E-state index in [9.17, 15) is 4.57 Å². The summed E-state index contributed by atoms with van der Waals surface area (Å²) in [5.41, 5.74) is 0. The van der Waals surface area contributed by atoms with Gasteiger partial charge in [-0.3, -0.25) is 13.6 Å². The van der Waals surface area contributed by atoms with Crippen LogP contribution in [0.1, 0.15) is 215 Å². The van der Waals surface area contributed by atoms with Crippen LogP contribution in [0.3, 0.4) is 0 Å². The number of hydrogen-bond acceptors (Lipinski definition) is 4. The Morgan fingerprint density at radius 3 is 0.690 bits per heavy atom. The first-order valence-electron chi connectivity index (χ1n) is 18.7. The number of phosphoric acid groups is 1. The molecule has 0 saturated carbocycles. The zero-order valence-electron chi connectivity index (χ0n) is 30.4. The van der Waals surface area contributed by atoms with Crippen molar-refractivity contribution in [1.29, 1.82) is 0 Å². The SMILES string of the molecule is CCCCCCCCCCCCOP(=O)(OCCCCCCCCCCCC)OCCCCCCCCCCCC.[H-].[Na+]. The fourth-order valence-corrected chi connectivity index (χ4v) is 6.69. The third-order valence-corrected chi connectivity index (χ3v) is 9.74. The molecular formula is C36H76NaO4P. The summed E-state index contributed by atoms with van der Waals surface area (Å²) < 4.78 is 30.7. The van der Waals surface area contributed by atoms with E-state index in [0.29, 0.717) is 19.8 Å². The van der Waals surface area contributed by atoms with Crippen molar-refractivity contribution in [1.82, 2.24) is 0 Å². The molecule has 0 fully saturated rings. The Kier molecular flexibility index (Phi) is 41.2. The Hall–Kier alpha value is 1.11. The maximum absolute atomic E-state index is 13.3. The van der Waals surface area contributed by atoms with Gasteiger partial charge in [0.15, 0.2) is 0 Å². The Morgan fingerprint density at radius 2 is 0.500 bits per heavy atom. The Labute approximate surface area is 288 Å². The van der Waals surface area contributed by atoms with Crippen LogP contribution in [0.25, 0.3) is 0 Å². The van der Waals surface area contributed by atoms with Gasteiger partial charge in [0.25, 0.3) is 0 Å². The van der Waals surface area contributed by atoms with Crippen LogP contribution in [0.2, 0.25) is 0 Å². The van der Waals surface area contributed by atoms with Gasteiger partial charge in [-0.15, -0.1) is 0 Å². The molecule has 0 atom stereocenters. The van der Waals surface area contributed by atoms with Crippen molar-refractivity contribution in [2.45, 2.75) is 213 Å². The van der Waals surface area contributed by atoms with Gasteiger partial charge >= 0.3 is 37.4 Å². The van der Waals surface area contributed by atoms with Gasteiger partial charge in [0.1, 0.15) is 0 Å². The predicted octanol–water partition coefficient (Wildman–Crippen LogP) is 11.0. The van der Waals surface area contributed by atoms with Gasteiger partial charge in [0.05, 0.1) is 19.8 Å². The molecule has 0 amide bonds. The van der Waals surface area contributed by atoms with Crippen LogP contribution in [0.4, 0.5) is 0 Å². The largest absolute Gasteiger partial charge is 1.00 e. The maximum Gasteiger partial charge on any atom is 1.00 e. The van der Waals surface area contributed by atoms with Crippen molar-refractivity contribution < 1.29 is 49.1 Å². The van der Waals surface area contributed by atoms with E-state index in [4.69, 9.17) is 13.6 Å². The molecule has 0 spiro atoms. The fourth-order valence-electron chi connectivity index (χ4n) is 5.41. The molecule has 42 heavy (non-hydrogen) atoms. The van der Waals surface area contributed by atoms with Crippen LogP contribution in [-0.4, -0.2) is 19.8 Å². The van der Waals surface area contributed by atoms with Crippen LogP contribution in [0, 0.1) is 0 Å². The van der Waals surface area contributed by atoms with Crippen molar-refractivity contribution in [2.24, 2.45) is 0 Å². The van der Waals surface area contributed by atoms with E-state index in [1.807, 2.05) is 0 Å². The van der Waals surface area contributed by atoms with E-state index in [0.717, 1.165) is 38.5 Å². The second kappa shape index (κ2) is 38.3. The molecule has 0 heterocycles. The zero-order chi connectivity index (χ0) is 30.0.